The van der Waals surface area contributed by atoms with Crippen LogP contribution in [0.3, 0.4) is 0 Å². The second-order valence-corrected chi connectivity index (χ2v) is 8.55. The lowest BCUT2D eigenvalue weighted by Crippen LogP contribution is -2.25. The Balaban J connectivity index is 2.35. The monoisotopic (exact) mass is 358 g/mol. The summed E-state index contributed by atoms with van der Waals surface area (Å²) in [5.74, 6) is 0.312. The van der Waals surface area contributed by atoms with Crippen molar-refractivity contribution < 1.29 is 4.79 Å². The molecule has 1 aliphatic carbocycles. The number of carbonyl (C=O) groups excluding carboxylic acids is 1. The normalized spacial score (nSPS) is 20.5. The van der Waals surface area contributed by atoms with Gasteiger partial charge in [0.25, 0.3) is 0 Å². The summed E-state index contributed by atoms with van der Waals surface area (Å²) in [5.41, 5.74) is 8.80. The number of benzene rings is 2. The lowest BCUT2D eigenvalue weighted by Gasteiger charge is -2.28. The molecule has 1 saturated carbocycles. The van der Waals surface area contributed by atoms with Crippen LogP contribution >= 0.6 is 0 Å². The molecule has 1 heteroatoms. The number of hydrogen-bond donors (Lipinski definition) is 0. The SMILES string of the molecule is CC(=O)C1C/C(=C(/c2ccccc2)c2ccc(C)cc2)C(=C(C)C)C1(C)C. The molecule has 1 atom stereocenters. The van der Waals surface area contributed by atoms with Crippen LogP contribution < -0.4 is 0 Å². The van der Waals surface area contributed by atoms with Gasteiger partial charge in [0.1, 0.15) is 5.78 Å². The average molecular weight is 359 g/mol. The fourth-order valence-electron chi connectivity index (χ4n) is 4.79. The van der Waals surface area contributed by atoms with E-state index in [1.165, 1.54) is 39.0 Å². The zero-order valence-corrected chi connectivity index (χ0v) is 17.4. The van der Waals surface area contributed by atoms with Gasteiger partial charge >= 0.3 is 0 Å². The lowest BCUT2D eigenvalue weighted by molar-refractivity contribution is -0.122. The maximum atomic E-state index is 12.5. The van der Waals surface area contributed by atoms with Crippen LogP contribution in [0.15, 0.2) is 71.3 Å². The molecule has 3 rings (SSSR count). The maximum Gasteiger partial charge on any atom is 0.134 e. The first-order valence-corrected chi connectivity index (χ1v) is 9.78. The third-order valence-corrected chi connectivity index (χ3v) is 5.92. The van der Waals surface area contributed by atoms with Crippen molar-refractivity contribution in [3.63, 3.8) is 0 Å². The van der Waals surface area contributed by atoms with E-state index in [1.54, 1.807) is 6.92 Å². The molecule has 140 valence electrons. The minimum atomic E-state index is -0.148. The summed E-state index contributed by atoms with van der Waals surface area (Å²) in [4.78, 5) is 12.5. The summed E-state index contributed by atoms with van der Waals surface area (Å²) in [6.07, 6.45) is 0.806. The van der Waals surface area contributed by atoms with Gasteiger partial charge in [-0.3, -0.25) is 4.79 Å². The zero-order valence-electron chi connectivity index (χ0n) is 17.4. The first kappa shape index (κ1) is 19.4. The number of hydrogen-bond acceptors (Lipinski definition) is 1. The summed E-state index contributed by atoms with van der Waals surface area (Å²) in [7, 11) is 0. The van der Waals surface area contributed by atoms with Crippen LogP contribution in [0.4, 0.5) is 0 Å². The van der Waals surface area contributed by atoms with Crippen molar-refractivity contribution >= 4 is 11.4 Å². The fraction of sp³-hybridized carbons (Fsp3) is 0.346. The third kappa shape index (κ3) is 3.56. The molecule has 0 aromatic heterocycles. The summed E-state index contributed by atoms with van der Waals surface area (Å²) >= 11 is 0. The van der Waals surface area contributed by atoms with Gasteiger partial charge in [0.05, 0.1) is 0 Å². The number of rotatable bonds is 3. The van der Waals surface area contributed by atoms with Crippen LogP contribution in [0.2, 0.25) is 0 Å². The molecule has 0 spiro atoms. The van der Waals surface area contributed by atoms with Gasteiger partial charge in [-0.25, -0.2) is 0 Å². The molecule has 1 unspecified atom stereocenters. The quantitative estimate of drug-likeness (QED) is 0.592. The molecule has 2 aromatic carbocycles. The molecular formula is C26H30O. The number of carbonyl (C=O) groups is 1. The summed E-state index contributed by atoms with van der Waals surface area (Å²) in [6, 6.07) is 19.4. The molecule has 0 bridgehead atoms. The molecule has 0 N–H and O–H groups in total. The molecular weight excluding hydrogens is 328 g/mol. The van der Waals surface area contributed by atoms with E-state index >= 15 is 0 Å². The summed E-state index contributed by atoms with van der Waals surface area (Å²) in [5, 5.41) is 0. The van der Waals surface area contributed by atoms with Gasteiger partial charge in [-0.2, -0.15) is 0 Å². The van der Waals surface area contributed by atoms with Crippen molar-refractivity contribution in [1.82, 2.24) is 0 Å². The van der Waals surface area contributed by atoms with Crippen molar-refractivity contribution in [1.29, 1.82) is 0 Å². The van der Waals surface area contributed by atoms with Crippen LogP contribution in [-0.2, 0) is 4.79 Å². The van der Waals surface area contributed by atoms with Crippen LogP contribution in [0.25, 0.3) is 5.57 Å². The standard InChI is InChI=1S/C26H30O/c1-17(2)25-22(16-23(19(4)27)26(25,5)6)24(20-10-8-7-9-11-20)21-14-12-18(3)13-15-21/h7-15,23H,16H2,1-6H3/b24-22+. The van der Waals surface area contributed by atoms with Crippen LogP contribution in [0, 0.1) is 18.3 Å². The van der Waals surface area contributed by atoms with E-state index in [0.29, 0.717) is 0 Å². The van der Waals surface area contributed by atoms with E-state index < -0.39 is 0 Å². The predicted octanol–water partition coefficient (Wildman–Crippen LogP) is 6.77. The Hall–Kier alpha value is -2.41. The molecule has 0 heterocycles. The molecule has 1 fully saturated rings. The van der Waals surface area contributed by atoms with Crippen molar-refractivity contribution in [2.24, 2.45) is 11.3 Å². The first-order chi connectivity index (χ1) is 12.7. The lowest BCUT2D eigenvalue weighted by atomic mass is 9.75. The van der Waals surface area contributed by atoms with Crippen molar-refractivity contribution in [2.75, 3.05) is 0 Å². The van der Waals surface area contributed by atoms with Crippen LogP contribution in [0.5, 0.6) is 0 Å². The highest BCUT2D eigenvalue weighted by Crippen LogP contribution is 2.54. The van der Waals surface area contributed by atoms with E-state index in [2.05, 4.69) is 89.2 Å². The zero-order chi connectivity index (χ0) is 19.8. The smallest absolute Gasteiger partial charge is 0.134 e. The molecule has 0 aliphatic heterocycles. The van der Waals surface area contributed by atoms with Crippen LogP contribution in [0.1, 0.15) is 57.7 Å². The van der Waals surface area contributed by atoms with Gasteiger partial charge < -0.3 is 0 Å². The van der Waals surface area contributed by atoms with Gasteiger partial charge in [-0.05, 0) is 67.4 Å². The van der Waals surface area contributed by atoms with Gasteiger partial charge in [-0.15, -0.1) is 0 Å². The van der Waals surface area contributed by atoms with Crippen molar-refractivity contribution in [2.45, 2.75) is 48.0 Å². The number of Topliss-reactive ketones (excluding diaryl/α,β-unsaturated/α-hetero) is 1. The third-order valence-electron chi connectivity index (χ3n) is 5.92. The Kier molecular flexibility index (Phi) is 5.24. The van der Waals surface area contributed by atoms with E-state index in [-0.39, 0.29) is 17.1 Å². The Labute approximate surface area is 163 Å². The molecule has 27 heavy (non-hydrogen) atoms. The highest BCUT2D eigenvalue weighted by atomic mass is 16.1. The molecule has 0 saturated heterocycles. The largest absolute Gasteiger partial charge is 0.300 e. The Morgan fingerprint density at radius 3 is 1.96 bits per heavy atom. The Morgan fingerprint density at radius 2 is 1.44 bits per heavy atom. The highest BCUT2D eigenvalue weighted by molar-refractivity contribution is 5.89. The number of allylic oxidation sites excluding steroid dienone is 3. The second kappa shape index (κ2) is 7.31. The molecule has 0 amide bonds. The Morgan fingerprint density at radius 1 is 0.889 bits per heavy atom. The number of aryl methyl sites for hydroxylation is 1. The van der Waals surface area contributed by atoms with Crippen LogP contribution in [-0.4, -0.2) is 5.78 Å². The highest BCUT2D eigenvalue weighted by Gasteiger charge is 2.45. The minimum absolute atomic E-state index is 0.0292. The van der Waals surface area contributed by atoms with Gasteiger partial charge in [0, 0.05) is 5.92 Å². The molecule has 1 nitrogen and oxygen atoms in total. The first-order valence-electron chi connectivity index (χ1n) is 9.78. The second-order valence-electron chi connectivity index (χ2n) is 8.55. The molecule has 0 radical (unpaired) electrons. The van der Waals surface area contributed by atoms with Crippen molar-refractivity contribution in [3.05, 3.63) is 88.0 Å². The van der Waals surface area contributed by atoms with E-state index in [4.69, 9.17) is 0 Å². The maximum absolute atomic E-state index is 12.5. The van der Waals surface area contributed by atoms with Gasteiger partial charge in [0.2, 0.25) is 0 Å². The van der Waals surface area contributed by atoms with E-state index in [9.17, 15) is 4.79 Å². The summed E-state index contributed by atoms with van der Waals surface area (Å²) < 4.78 is 0. The minimum Gasteiger partial charge on any atom is -0.300 e. The summed E-state index contributed by atoms with van der Waals surface area (Å²) in [6.45, 7) is 12.7. The van der Waals surface area contributed by atoms with Gasteiger partial charge in [0.15, 0.2) is 0 Å². The van der Waals surface area contributed by atoms with E-state index in [0.717, 1.165) is 6.42 Å². The molecule has 1 aliphatic rings. The number of ketones is 1. The Bertz CT molecular complexity index is 904. The van der Waals surface area contributed by atoms with Gasteiger partial charge in [-0.1, -0.05) is 79.6 Å². The average Bonchev–Trinajstić information content (AvgIpc) is 2.89. The topological polar surface area (TPSA) is 17.1 Å². The predicted molar refractivity (Wildman–Crippen MR) is 115 cm³/mol. The van der Waals surface area contributed by atoms with E-state index in [1.807, 2.05) is 0 Å². The van der Waals surface area contributed by atoms with Crippen molar-refractivity contribution in [3.8, 4) is 0 Å². The fourth-order valence-corrected chi connectivity index (χ4v) is 4.79. The molecule has 2 aromatic rings.